The van der Waals surface area contributed by atoms with Crippen LogP contribution in [0.4, 0.5) is 13.2 Å². The van der Waals surface area contributed by atoms with Crippen molar-refractivity contribution >= 4 is 6.47 Å². The van der Waals surface area contributed by atoms with Crippen LogP contribution < -0.4 is 0 Å². The number of alkyl halides is 3. The van der Waals surface area contributed by atoms with E-state index in [4.69, 9.17) is 4.79 Å². The molecule has 0 heterocycles. The van der Waals surface area contributed by atoms with Gasteiger partial charge in [0.25, 0.3) is 6.47 Å². The molecule has 0 bridgehead atoms. The lowest BCUT2D eigenvalue weighted by atomic mass is 10.7. The van der Waals surface area contributed by atoms with Gasteiger partial charge in [-0.3, -0.25) is 4.79 Å². The van der Waals surface area contributed by atoms with E-state index in [1.54, 1.807) is 0 Å². The van der Waals surface area contributed by atoms with E-state index >= 15 is 0 Å². The Morgan fingerprint density at radius 2 is 1.70 bits per heavy atom. The maximum absolute atomic E-state index is 11.3. The van der Waals surface area contributed by atoms with Crippen molar-refractivity contribution in [1.29, 1.82) is 0 Å². The van der Waals surface area contributed by atoms with E-state index in [0.717, 1.165) is 0 Å². The molecule has 0 aliphatic heterocycles. The monoisotopic (exact) mass is 156 g/mol. The van der Waals surface area contributed by atoms with Gasteiger partial charge in [0, 0.05) is 0 Å². The Hall–Kier alpha value is -1.00. The van der Waals surface area contributed by atoms with Gasteiger partial charge in [0.1, 0.15) is 0 Å². The molecule has 1 atom stereocenters. The lowest BCUT2D eigenvalue weighted by molar-refractivity contribution is -0.158. The summed E-state index contributed by atoms with van der Waals surface area (Å²) in [5.41, 5.74) is 0. The quantitative estimate of drug-likeness (QED) is 0.457. The van der Waals surface area contributed by atoms with Gasteiger partial charge in [-0.15, -0.1) is 13.2 Å². The summed E-state index contributed by atoms with van der Waals surface area (Å²) in [6.45, 7) is 5.64. The predicted octanol–water partition coefficient (Wildman–Crippen LogP) is 1.52. The first kappa shape index (κ1) is 11.8. The van der Waals surface area contributed by atoms with E-state index in [0.29, 0.717) is 0 Å². The van der Waals surface area contributed by atoms with Gasteiger partial charge in [-0.05, 0) is 0 Å². The van der Waals surface area contributed by atoms with Gasteiger partial charge in [-0.25, -0.2) is 8.78 Å². The number of hydrogen-bond acceptors (Lipinski definition) is 2. The number of carbonyl (C=O) groups is 1. The topological polar surface area (TPSA) is 26.3 Å². The predicted molar refractivity (Wildman–Crippen MR) is 29.3 cm³/mol. The Kier molecular flexibility index (Phi) is 9.40. The third-order valence-electron chi connectivity index (χ3n) is 0.384. The van der Waals surface area contributed by atoms with Crippen LogP contribution in [0.1, 0.15) is 0 Å². The van der Waals surface area contributed by atoms with Crippen LogP contribution >= 0.6 is 0 Å². The van der Waals surface area contributed by atoms with Crippen molar-refractivity contribution in [2.45, 2.75) is 12.8 Å². The number of halogens is 3. The molecule has 0 aromatic rings. The molecular weight excluding hydrogens is 149 g/mol. The van der Waals surface area contributed by atoms with E-state index in [1.165, 1.54) is 0 Å². The van der Waals surface area contributed by atoms with Gasteiger partial charge < -0.3 is 4.74 Å². The summed E-state index contributed by atoms with van der Waals surface area (Å²) in [6, 6.07) is 0. The highest BCUT2D eigenvalue weighted by molar-refractivity contribution is 5.37. The maximum atomic E-state index is 11.3. The molecule has 0 N–H and O–H groups in total. The summed E-state index contributed by atoms with van der Waals surface area (Å²) >= 11 is 0. The standard InChI is InChI=1S/C3H3F3O2.C2H4/c4-2(5)3(6)8-1-7;1-2/h1-3H;1-2H2. The summed E-state index contributed by atoms with van der Waals surface area (Å²) < 4.78 is 36.4. The van der Waals surface area contributed by atoms with Gasteiger partial charge in [-0.1, -0.05) is 0 Å². The molecule has 2 nitrogen and oxygen atoms in total. The first-order chi connectivity index (χ1) is 4.68. The molecule has 0 aromatic carbocycles. The molecule has 0 aromatic heterocycles. The fourth-order valence-corrected chi connectivity index (χ4v) is 0.112. The lowest BCUT2D eigenvalue weighted by Crippen LogP contribution is -2.14. The van der Waals surface area contributed by atoms with Crippen LogP contribution in [0, 0.1) is 0 Å². The van der Waals surface area contributed by atoms with Crippen LogP contribution in [-0.4, -0.2) is 19.3 Å². The highest BCUT2D eigenvalue weighted by Crippen LogP contribution is 2.04. The second kappa shape index (κ2) is 8.00. The summed E-state index contributed by atoms with van der Waals surface area (Å²) in [7, 11) is 0. The van der Waals surface area contributed by atoms with Crippen molar-refractivity contribution < 1.29 is 22.7 Å². The van der Waals surface area contributed by atoms with Crippen molar-refractivity contribution in [3.63, 3.8) is 0 Å². The molecule has 0 saturated heterocycles. The van der Waals surface area contributed by atoms with Crippen molar-refractivity contribution in [1.82, 2.24) is 0 Å². The SMILES string of the molecule is C=C.O=COC(F)C(F)F. The maximum Gasteiger partial charge on any atom is 0.304 e. The van der Waals surface area contributed by atoms with Gasteiger partial charge in [0.05, 0.1) is 0 Å². The minimum Gasteiger partial charge on any atom is -0.427 e. The molecule has 10 heavy (non-hydrogen) atoms. The summed E-state index contributed by atoms with van der Waals surface area (Å²) in [5.74, 6) is 0. The van der Waals surface area contributed by atoms with Gasteiger partial charge >= 0.3 is 12.8 Å². The van der Waals surface area contributed by atoms with Crippen molar-refractivity contribution in [3.05, 3.63) is 13.2 Å². The molecule has 1 unspecified atom stereocenters. The number of ether oxygens (including phenoxy) is 1. The van der Waals surface area contributed by atoms with Crippen molar-refractivity contribution in [2.75, 3.05) is 0 Å². The molecule has 0 aliphatic rings. The van der Waals surface area contributed by atoms with E-state index in [-0.39, 0.29) is 6.47 Å². The molecule has 0 aliphatic carbocycles. The van der Waals surface area contributed by atoms with Gasteiger partial charge in [0.2, 0.25) is 0 Å². The zero-order chi connectivity index (χ0) is 8.57. The van der Waals surface area contributed by atoms with Crippen molar-refractivity contribution in [2.24, 2.45) is 0 Å². The van der Waals surface area contributed by atoms with Gasteiger partial charge in [-0.2, -0.15) is 4.39 Å². The molecule has 5 heteroatoms. The second-order valence-corrected chi connectivity index (χ2v) is 0.918. The second-order valence-electron chi connectivity index (χ2n) is 0.918. The summed E-state index contributed by atoms with van der Waals surface area (Å²) in [5, 5.41) is 0. The van der Waals surface area contributed by atoms with E-state index < -0.39 is 12.8 Å². The normalized spacial score (nSPS) is 11.2. The molecule has 0 spiro atoms. The molecule has 0 rings (SSSR count). The fourth-order valence-electron chi connectivity index (χ4n) is 0.112. The third kappa shape index (κ3) is 7.00. The third-order valence-corrected chi connectivity index (χ3v) is 0.384. The number of carbonyl (C=O) groups excluding carboxylic acids is 1. The summed E-state index contributed by atoms with van der Waals surface area (Å²) in [6.07, 6.45) is -6.03. The van der Waals surface area contributed by atoms with Crippen molar-refractivity contribution in [3.8, 4) is 0 Å². The molecule has 0 fully saturated rings. The van der Waals surface area contributed by atoms with Crippen LogP contribution in [0.5, 0.6) is 0 Å². The minimum atomic E-state index is -3.25. The van der Waals surface area contributed by atoms with Crippen LogP contribution in [0.15, 0.2) is 13.2 Å². The average Bonchev–Trinajstić information content (AvgIpc) is 1.93. The van der Waals surface area contributed by atoms with Crippen LogP contribution in [0.2, 0.25) is 0 Å². The largest absolute Gasteiger partial charge is 0.427 e. The first-order valence-corrected chi connectivity index (χ1v) is 2.20. The molecule has 0 radical (unpaired) electrons. The molecular formula is C5H7F3O2. The number of rotatable bonds is 3. The Morgan fingerprint density at radius 1 is 1.30 bits per heavy atom. The average molecular weight is 156 g/mol. The molecule has 0 amide bonds. The van der Waals surface area contributed by atoms with E-state index in [9.17, 15) is 13.2 Å². The highest BCUT2D eigenvalue weighted by atomic mass is 19.3. The Balaban J connectivity index is 0. The number of hydrogen-bond donors (Lipinski definition) is 0. The summed E-state index contributed by atoms with van der Waals surface area (Å²) in [4.78, 5) is 9.12. The van der Waals surface area contributed by atoms with Crippen LogP contribution in [0.3, 0.4) is 0 Å². The highest BCUT2D eigenvalue weighted by Gasteiger charge is 2.18. The minimum absolute atomic E-state index is 0.364. The Morgan fingerprint density at radius 3 is 1.80 bits per heavy atom. The lowest BCUT2D eigenvalue weighted by Gasteiger charge is -2.01. The zero-order valence-electron chi connectivity index (χ0n) is 5.10. The molecule has 60 valence electrons. The Bertz CT molecular complexity index is 87.0. The van der Waals surface area contributed by atoms with E-state index in [2.05, 4.69) is 17.9 Å². The first-order valence-electron chi connectivity index (χ1n) is 2.20. The molecule has 0 saturated carbocycles. The Labute approximate surface area is 56.3 Å². The smallest absolute Gasteiger partial charge is 0.304 e. The zero-order valence-corrected chi connectivity index (χ0v) is 5.10. The van der Waals surface area contributed by atoms with Gasteiger partial charge in [0.15, 0.2) is 0 Å². The van der Waals surface area contributed by atoms with E-state index in [1.807, 2.05) is 0 Å². The van der Waals surface area contributed by atoms with Crippen LogP contribution in [0.25, 0.3) is 0 Å². The van der Waals surface area contributed by atoms with Crippen LogP contribution in [-0.2, 0) is 9.53 Å². The fraction of sp³-hybridized carbons (Fsp3) is 0.400.